The number of hydrogen-bond donors (Lipinski definition) is 1. The Labute approximate surface area is 175 Å². The van der Waals surface area contributed by atoms with Gasteiger partial charge in [-0.2, -0.15) is 0 Å². The zero-order valence-electron chi connectivity index (χ0n) is 16.8. The van der Waals surface area contributed by atoms with E-state index >= 15 is 0 Å². The minimum absolute atomic E-state index is 0.0584. The molecule has 2 aromatic rings. The Morgan fingerprint density at radius 1 is 0.933 bits per heavy atom. The highest BCUT2D eigenvalue weighted by Crippen LogP contribution is 2.28. The Bertz CT molecular complexity index is 1070. The fourth-order valence-electron chi connectivity index (χ4n) is 3.19. The average Bonchev–Trinajstić information content (AvgIpc) is 2.73. The third-order valence-electron chi connectivity index (χ3n) is 4.56. The van der Waals surface area contributed by atoms with Gasteiger partial charge in [0.15, 0.2) is 0 Å². The van der Waals surface area contributed by atoms with E-state index in [-0.39, 0.29) is 34.9 Å². The van der Waals surface area contributed by atoms with Crippen LogP contribution in [0.4, 0.5) is 5.69 Å². The van der Waals surface area contributed by atoms with Crippen molar-refractivity contribution >= 4 is 33.7 Å². The molecule has 1 N–H and O–H groups in total. The summed E-state index contributed by atoms with van der Waals surface area (Å²) < 4.78 is 38.4. The van der Waals surface area contributed by atoms with Gasteiger partial charge in [0.1, 0.15) is 0 Å². The fourth-order valence-corrected chi connectivity index (χ4v) is 4.40. The first kappa shape index (κ1) is 21.6. The molecule has 0 aliphatic heterocycles. The third kappa shape index (κ3) is 4.88. The summed E-state index contributed by atoms with van der Waals surface area (Å²) in [6.07, 6.45) is 2.61. The molecule has 0 saturated carbocycles. The van der Waals surface area contributed by atoms with Crippen molar-refractivity contribution in [3.8, 4) is 0 Å². The van der Waals surface area contributed by atoms with Gasteiger partial charge in [-0.15, -0.1) is 0 Å². The molecule has 1 aliphatic rings. The molecule has 0 aromatic heterocycles. The summed E-state index contributed by atoms with van der Waals surface area (Å²) in [5.41, 5.74) is 2.15. The second kappa shape index (κ2) is 9.13. The molecule has 158 valence electrons. The number of esters is 2. The summed E-state index contributed by atoms with van der Waals surface area (Å²) in [6, 6.07) is 11.6. The molecule has 7 nitrogen and oxygen atoms in total. The van der Waals surface area contributed by atoms with E-state index in [1.807, 2.05) is 24.3 Å². The van der Waals surface area contributed by atoms with Crippen LogP contribution < -0.4 is 4.72 Å². The Morgan fingerprint density at radius 3 is 2.13 bits per heavy atom. The molecule has 0 spiro atoms. The molecule has 2 aromatic carbocycles. The van der Waals surface area contributed by atoms with E-state index < -0.39 is 22.0 Å². The molecular formula is C22H23NO6S. The molecule has 0 amide bonds. The van der Waals surface area contributed by atoms with Crippen molar-refractivity contribution in [1.82, 2.24) is 0 Å². The summed E-state index contributed by atoms with van der Waals surface area (Å²) >= 11 is 0. The summed E-state index contributed by atoms with van der Waals surface area (Å²) in [5, 5.41) is 0. The highest BCUT2D eigenvalue weighted by molar-refractivity contribution is 7.96. The molecule has 0 atom stereocenters. The molecule has 30 heavy (non-hydrogen) atoms. The van der Waals surface area contributed by atoms with Crippen molar-refractivity contribution in [2.75, 3.05) is 17.9 Å². The Morgan fingerprint density at radius 2 is 1.53 bits per heavy atom. The molecule has 0 radical (unpaired) electrons. The van der Waals surface area contributed by atoms with Gasteiger partial charge in [-0.3, -0.25) is 4.72 Å². The van der Waals surface area contributed by atoms with Crippen LogP contribution in [0.3, 0.4) is 0 Å². The second-order valence-corrected chi connectivity index (χ2v) is 8.39. The zero-order chi connectivity index (χ0) is 21.7. The number of ether oxygens (including phenoxy) is 2. The van der Waals surface area contributed by atoms with Crippen LogP contribution in [0.5, 0.6) is 0 Å². The van der Waals surface area contributed by atoms with E-state index in [2.05, 4.69) is 4.72 Å². The van der Waals surface area contributed by atoms with Gasteiger partial charge in [0.2, 0.25) is 0 Å². The van der Waals surface area contributed by atoms with E-state index in [0.717, 1.165) is 11.1 Å². The lowest BCUT2D eigenvalue weighted by molar-refractivity contribution is 0.0525. The van der Waals surface area contributed by atoms with E-state index in [0.29, 0.717) is 12.8 Å². The number of anilines is 1. The summed E-state index contributed by atoms with van der Waals surface area (Å²) in [6.45, 7) is 3.61. The van der Waals surface area contributed by atoms with Gasteiger partial charge in [-0.25, -0.2) is 18.0 Å². The highest BCUT2D eigenvalue weighted by Gasteiger charge is 2.23. The van der Waals surface area contributed by atoms with Crippen LogP contribution in [-0.2, 0) is 25.9 Å². The maximum atomic E-state index is 13.0. The molecule has 1 aliphatic carbocycles. The third-order valence-corrected chi connectivity index (χ3v) is 6.08. The number of carbonyl (C=O) groups excluding carboxylic acids is 2. The number of allylic oxidation sites excluding steroid dienone is 1. The lowest BCUT2D eigenvalue weighted by atomic mass is 9.98. The minimum atomic E-state index is -3.88. The van der Waals surface area contributed by atoms with E-state index in [1.54, 1.807) is 19.9 Å². The lowest BCUT2D eigenvalue weighted by Gasteiger charge is -2.18. The number of rotatable bonds is 7. The largest absolute Gasteiger partial charge is 0.462 e. The minimum Gasteiger partial charge on any atom is -0.462 e. The Hall–Kier alpha value is -3.13. The summed E-state index contributed by atoms with van der Waals surface area (Å²) in [5.74, 6) is -1.31. The van der Waals surface area contributed by atoms with Crippen LogP contribution in [-0.4, -0.2) is 33.6 Å². The van der Waals surface area contributed by atoms with Gasteiger partial charge in [0, 0.05) is 0 Å². The normalized spacial score (nSPS) is 13.1. The van der Waals surface area contributed by atoms with Gasteiger partial charge in [-0.05, 0) is 62.1 Å². The molecule has 0 saturated heterocycles. The van der Waals surface area contributed by atoms with Crippen LogP contribution in [0.15, 0.2) is 47.4 Å². The molecule has 0 fully saturated rings. The number of hydrogen-bond acceptors (Lipinski definition) is 6. The summed E-state index contributed by atoms with van der Waals surface area (Å²) in [7, 11) is -3.88. The number of carbonyl (C=O) groups is 2. The van der Waals surface area contributed by atoms with Crippen molar-refractivity contribution < 1.29 is 27.5 Å². The number of aryl methyl sites for hydroxylation is 1. The predicted molar refractivity (Wildman–Crippen MR) is 114 cm³/mol. The fraction of sp³-hybridized carbons (Fsp3) is 0.273. The molecule has 3 rings (SSSR count). The van der Waals surface area contributed by atoms with Gasteiger partial charge in [-0.1, -0.05) is 24.3 Å². The number of sulfonamides is 1. The van der Waals surface area contributed by atoms with Crippen LogP contribution in [0.2, 0.25) is 0 Å². The van der Waals surface area contributed by atoms with E-state index in [1.165, 1.54) is 18.2 Å². The van der Waals surface area contributed by atoms with Crippen molar-refractivity contribution in [2.45, 2.75) is 26.7 Å². The summed E-state index contributed by atoms with van der Waals surface area (Å²) in [4.78, 5) is 24.6. The maximum Gasteiger partial charge on any atom is 0.338 e. The lowest BCUT2D eigenvalue weighted by Crippen LogP contribution is -2.18. The topological polar surface area (TPSA) is 98.8 Å². The number of benzene rings is 2. The van der Waals surface area contributed by atoms with E-state index in [9.17, 15) is 18.0 Å². The monoisotopic (exact) mass is 429 g/mol. The quantitative estimate of drug-likeness (QED) is 0.673. The van der Waals surface area contributed by atoms with Crippen LogP contribution in [0, 0.1) is 0 Å². The molecule has 0 bridgehead atoms. The highest BCUT2D eigenvalue weighted by atomic mass is 32.2. The van der Waals surface area contributed by atoms with Crippen LogP contribution in [0.1, 0.15) is 52.1 Å². The zero-order valence-corrected chi connectivity index (χ0v) is 17.6. The van der Waals surface area contributed by atoms with Gasteiger partial charge < -0.3 is 9.47 Å². The SMILES string of the molecule is CCOC(=O)c1cc(NS(=O)(=O)C2=Cc3ccccc3CC2)cc(C(=O)OCC)c1. The van der Waals surface area contributed by atoms with Gasteiger partial charge in [0.25, 0.3) is 10.0 Å². The van der Waals surface area contributed by atoms with Crippen molar-refractivity contribution in [3.05, 3.63) is 69.6 Å². The second-order valence-electron chi connectivity index (χ2n) is 6.65. The molecule has 0 heterocycles. The van der Waals surface area contributed by atoms with Crippen molar-refractivity contribution in [3.63, 3.8) is 0 Å². The van der Waals surface area contributed by atoms with Gasteiger partial charge in [0.05, 0.1) is 34.9 Å². The first-order chi connectivity index (χ1) is 14.3. The smallest absolute Gasteiger partial charge is 0.338 e. The maximum absolute atomic E-state index is 13.0. The first-order valence-corrected chi connectivity index (χ1v) is 11.1. The average molecular weight is 429 g/mol. The van der Waals surface area contributed by atoms with Gasteiger partial charge >= 0.3 is 11.9 Å². The molecule has 0 unspecified atom stereocenters. The first-order valence-electron chi connectivity index (χ1n) is 9.64. The van der Waals surface area contributed by atoms with E-state index in [4.69, 9.17) is 9.47 Å². The Kier molecular flexibility index (Phi) is 6.56. The molecule has 8 heteroatoms. The molecular weight excluding hydrogens is 406 g/mol. The predicted octanol–water partition coefficient (Wildman–Crippen LogP) is 3.77. The standard InChI is InChI=1S/C22H23NO6S/c1-3-28-21(24)17-11-18(22(25)29-4-2)13-19(12-17)23-30(26,27)20-10-9-15-7-5-6-8-16(15)14-20/h5-8,11-14,23H,3-4,9-10H2,1-2H3. The number of fused-ring (bicyclic) bond motifs is 1. The van der Waals surface area contributed by atoms with Crippen LogP contribution in [0.25, 0.3) is 6.08 Å². The Balaban J connectivity index is 1.95. The van der Waals surface area contributed by atoms with Crippen LogP contribution >= 0.6 is 0 Å². The van der Waals surface area contributed by atoms with Crippen molar-refractivity contribution in [1.29, 1.82) is 0 Å². The number of nitrogens with one attached hydrogen (secondary N) is 1. The van der Waals surface area contributed by atoms with Crippen molar-refractivity contribution in [2.24, 2.45) is 0 Å².